The summed E-state index contributed by atoms with van der Waals surface area (Å²) in [7, 11) is 0. The van der Waals surface area contributed by atoms with Gasteiger partial charge in [0.25, 0.3) is 5.91 Å². The molecular formula is C30H33N3O6. The van der Waals surface area contributed by atoms with Crippen LogP contribution in [0.15, 0.2) is 78.9 Å². The summed E-state index contributed by atoms with van der Waals surface area (Å²) in [5.41, 5.74) is 2.95. The minimum Gasteiger partial charge on any atom is -0.489 e. The van der Waals surface area contributed by atoms with Crippen molar-refractivity contribution in [2.45, 2.75) is 18.8 Å². The van der Waals surface area contributed by atoms with Crippen molar-refractivity contribution in [1.29, 1.82) is 0 Å². The Labute approximate surface area is 227 Å². The summed E-state index contributed by atoms with van der Waals surface area (Å²) in [6.45, 7) is 4.63. The highest BCUT2D eigenvalue weighted by molar-refractivity contribution is 5.96. The van der Waals surface area contributed by atoms with Gasteiger partial charge in [0.05, 0.1) is 19.8 Å². The molecule has 9 nitrogen and oxygen atoms in total. The molecule has 0 aromatic heterocycles. The van der Waals surface area contributed by atoms with Gasteiger partial charge in [0.15, 0.2) is 6.10 Å². The fourth-order valence-corrected chi connectivity index (χ4v) is 4.83. The zero-order chi connectivity index (χ0) is 27.0. The third kappa shape index (κ3) is 6.57. The zero-order valence-corrected chi connectivity index (χ0v) is 21.7. The summed E-state index contributed by atoms with van der Waals surface area (Å²) in [5, 5.41) is 12.9. The van der Waals surface area contributed by atoms with Crippen molar-refractivity contribution >= 4 is 17.7 Å². The van der Waals surface area contributed by atoms with Gasteiger partial charge in [0.2, 0.25) is 0 Å². The van der Waals surface area contributed by atoms with Crippen molar-refractivity contribution in [3.8, 4) is 5.75 Å². The number of benzene rings is 3. The molecule has 2 amide bonds. The van der Waals surface area contributed by atoms with Crippen LogP contribution in [-0.4, -0.2) is 74.1 Å². The lowest BCUT2D eigenvalue weighted by molar-refractivity contribution is 0.0383. The molecule has 0 radical (unpaired) electrons. The number of hydrogen-bond acceptors (Lipinski definition) is 7. The van der Waals surface area contributed by atoms with Crippen LogP contribution in [0.4, 0.5) is 10.5 Å². The summed E-state index contributed by atoms with van der Waals surface area (Å²) in [4.78, 5) is 29.2. The van der Waals surface area contributed by atoms with Crippen LogP contribution in [0.1, 0.15) is 27.5 Å². The predicted octanol–water partition coefficient (Wildman–Crippen LogP) is 3.39. The number of nitrogens with one attached hydrogen (secondary N) is 1. The van der Waals surface area contributed by atoms with Gasteiger partial charge in [-0.3, -0.25) is 14.6 Å². The van der Waals surface area contributed by atoms with E-state index in [-0.39, 0.29) is 12.5 Å². The molecule has 3 aromatic carbocycles. The number of carbonyl (C=O) groups excluding carboxylic acids is 2. The minimum absolute atomic E-state index is 0.172. The Balaban J connectivity index is 1.23. The molecule has 2 saturated heterocycles. The maximum atomic E-state index is 12.8. The van der Waals surface area contributed by atoms with Crippen LogP contribution in [-0.2, 0) is 16.1 Å². The SMILES string of the molecule is O=C(NCCN1CCOCC1)c1ccc(N2C(=O)OC(CO)C2c2ccc(OCc3ccccc3)cc2)cc1. The summed E-state index contributed by atoms with van der Waals surface area (Å²) in [5.74, 6) is 0.526. The number of cyclic esters (lactones) is 1. The van der Waals surface area contributed by atoms with Crippen molar-refractivity contribution in [2.24, 2.45) is 0 Å². The van der Waals surface area contributed by atoms with Gasteiger partial charge in [0, 0.05) is 37.4 Å². The van der Waals surface area contributed by atoms with Crippen molar-refractivity contribution in [3.05, 3.63) is 95.6 Å². The van der Waals surface area contributed by atoms with E-state index < -0.39 is 18.2 Å². The van der Waals surface area contributed by atoms with Gasteiger partial charge < -0.3 is 24.6 Å². The van der Waals surface area contributed by atoms with Crippen molar-refractivity contribution in [2.75, 3.05) is 50.9 Å². The number of carbonyl (C=O) groups is 2. The van der Waals surface area contributed by atoms with E-state index in [0.717, 1.165) is 44.0 Å². The highest BCUT2D eigenvalue weighted by Crippen LogP contribution is 2.38. The van der Waals surface area contributed by atoms with Gasteiger partial charge in [-0.15, -0.1) is 0 Å². The van der Waals surface area contributed by atoms with Crippen LogP contribution in [0, 0.1) is 0 Å². The molecule has 0 saturated carbocycles. The molecule has 2 heterocycles. The van der Waals surface area contributed by atoms with Gasteiger partial charge in [-0.25, -0.2) is 4.79 Å². The Morgan fingerprint density at radius 3 is 2.38 bits per heavy atom. The van der Waals surface area contributed by atoms with E-state index in [1.165, 1.54) is 4.90 Å². The summed E-state index contributed by atoms with van der Waals surface area (Å²) >= 11 is 0. The molecule has 3 aromatic rings. The average Bonchev–Trinajstić information content (AvgIpc) is 3.33. The summed E-state index contributed by atoms with van der Waals surface area (Å²) in [6.07, 6.45) is -1.28. The van der Waals surface area contributed by atoms with Crippen molar-refractivity contribution < 1.29 is 28.9 Å². The van der Waals surface area contributed by atoms with Gasteiger partial charge in [-0.2, -0.15) is 0 Å². The maximum Gasteiger partial charge on any atom is 0.415 e. The van der Waals surface area contributed by atoms with E-state index in [4.69, 9.17) is 14.2 Å². The molecule has 204 valence electrons. The second kappa shape index (κ2) is 12.8. The Bertz CT molecular complexity index is 1230. The average molecular weight is 532 g/mol. The Hall–Kier alpha value is -3.92. The molecule has 2 fully saturated rings. The van der Waals surface area contributed by atoms with E-state index in [9.17, 15) is 14.7 Å². The molecule has 5 rings (SSSR count). The van der Waals surface area contributed by atoms with Gasteiger partial charge in [-0.05, 0) is 47.5 Å². The smallest absolute Gasteiger partial charge is 0.415 e. The molecule has 9 heteroatoms. The molecule has 2 aliphatic heterocycles. The van der Waals surface area contributed by atoms with Crippen molar-refractivity contribution in [1.82, 2.24) is 10.2 Å². The first-order valence-electron chi connectivity index (χ1n) is 13.2. The summed E-state index contributed by atoms with van der Waals surface area (Å²) < 4.78 is 16.7. The molecular weight excluding hydrogens is 498 g/mol. The molecule has 0 bridgehead atoms. The first-order valence-corrected chi connectivity index (χ1v) is 13.2. The lowest BCUT2D eigenvalue weighted by Crippen LogP contribution is -2.41. The number of amides is 2. The first-order chi connectivity index (χ1) is 19.1. The molecule has 0 aliphatic carbocycles. The normalized spacial score (nSPS) is 19.5. The Morgan fingerprint density at radius 2 is 1.69 bits per heavy atom. The number of aliphatic hydroxyl groups excluding tert-OH is 1. The number of ether oxygens (including phenoxy) is 3. The second-order valence-corrected chi connectivity index (χ2v) is 9.52. The quantitative estimate of drug-likeness (QED) is 0.414. The highest BCUT2D eigenvalue weighted by Gasteiger charge is 2.43. The molecule has 0 spiro atoms. The van der Waals surface area contributed by atoms with Crippen LogP contribution in [0.5, 0.6) is 5.75 Å². The molecule has 2 aliphatic rings. The first kappa shape index (κ1) is 26.7. The monoisotopic (exact) mass is 531 g/mol. The Morgan fingerprint density at radius 1 is 0.974 bits per heavy atom. The van der Waals surface area contributed by atoms with E-state index in [2.05, 4.69) is 10.2 Å². The molecule has 2 unspecified atom stereocenters. The van der Waals surface area contributed by atoms with E-state index >= 15 is 0 Å². The van der Waals surface area contributed by atoms with Gasteiger partial charge >= 0.3 is 6.09 Å². The van der Waals surface area contributed by atoms with Crippen LogP contribution in [0.2, 0.25) is 0 Å². The van der Waals surface area contributed by atoms with E-state index in [1.54, 1.807) is 24.3 Å². The number of nitrogens with zero attached hydrogens (tertiary/aromatic N) is 2. The van der Waals surface area contributed by atoms with Crippen LogP contribution in [0.3, 0.4) is 0 Å². The number of morpholine rings is 1. The molecule has 2 N–H and O–H groups in total. The van der Waals surface area contributed by atoms with Gasteiger partial charge in [0.1, 0.15) is 18.4 Å². The summed E-state index contributed by atoms with van der Waals surface area (Å²) in [6, 6.07) is 23.6. The fourth-order valence-electron chi connectivity index (χ4n) is 4.83. The Kier molecular flexibility index (Phi) is 8.72. The minimum atomic E-state index is -0.725. The lowest BCUT2D eigenvalue weighted by atomic mass is 10.00. The van der Waals surface area contributed by atoms with E-state index in [0.29, 0.717) is 30.2 Å². The second-order valence-electron chi connectivity index (χ2n) is 9.52. The number of anilines is 1. The molecule has 39 heavy (non-hydrogen) atoms. The lowest BCUT2D eigenvalue weighted by Gasteiger charge is -2.26. The third-order valence-corrected chi connectivity index (χ3v) is 6.95. The number of hydrogen-bond donors (Lipinski definition) is 2. The largest absolute Gasteiger partial charge is 0.489 e. The topological polar surface area (TPSA) is 101 Å². The third-order valence-electron chi connectivity index (χ3n) is 6.95. The zero-order valence-electron chi connectivity index (χ0n) is 21.7. The van der Waals surface area contributed by atoms with Crippen LogP contribution >= 0.6 is 0 Å². The molecule has 2 atom stereocenters. The van der Waals surface area contributed by atoms with Crippen LogP contribution in [0.25, 0.3) is 0 Å². The van der Waals surface area contributed by atoms with Crippen LogP contribution < -0.4 is 15.0 Å². The number of rotatable bonds is 10. The van der Waals surface area contributed by atoms with Crippen molar-refractivity contribution in [3.63, 3.8) is 0 Å². The van der Waals surface area contributed by atoms with E-state index in [1.807, 2.05) is 54.6 Å². The number of aliphatic hydroxyl groups is 1. The standard InChI is InChI=1S/C30H33N3O6/c34-20-27-28(23-8-12-26(13-9-23)38-21-22-4-2-1-3-5-22)33(30(36)39-27)25-10-6-24(7-11-25)29(35)31-14-15-32-16-18-37-19-17-32/h1-13,27-28,34H,14-21H2,(H,31,35). The maximum absolute atomic E-state index is 12.8. The van der Waals surface area contributed by atoms with Gasteiger partial charge in [-0.1, -0.05) is 42.5 Å². The predicted molar refractivity (Wildman–Crippen MR) is 146 cm³/mol. The highest BCUT2D eigenvalue weighted by atomic mass is 16.6. The fraction of sp³-hybridized carbons (Fsp3) is 0.333.